The molecule has 0 aromatic heterocycles. The van der Waals surface area contributed by atoms with Gasteiger partial charge in [-0.25, -0.2) is 0 Å². The molecule has 0 saturated carbocycles. The van der Waals surface area contributed by atoms with E-state index >= 15 is 0 Å². The topological polar surface area (TPSA) is 61.4 Å². The number of fused-ring (bicyclic) bond motifs is 1. The SMILES string of the molecule is CC(C)(C)NS(=O)(=O)N1CC2CNCC2C1(C)C. The number of hydrogen-bond donors (Lipinski definition) is 2. The molecule has 2 unspecified atom stereocenters. The quantitative estimate of drug-likeness (QED) is 0.773. The summed E-state index contributed by atoms with van der Waals surface area (Å²) < 4.78 is 29.4. The summed E-state index contributed by atoms with van der Waals surface area (Å²) in [6, 6.07) is 0. The molecule has 2 rings (SSSR count). The summed E-state index contributed by atoms with van der Waals surface area (Å²) in [5.74, 6) is 0.852. The van der Waals surface area contributed by atoms with Crippen molar-refractivity contribution in [1.29, 1.82) is 0 Å². The monoisotopic (exact) mass is 275 g/mol. The molecule has 2 fully saturated rings. The summed E-state index contributed by atoms with van der Waals surface area (Å²) in [5, 5.41) is 3.36. The molecule has 2 N–H and O–H groups in total. The maximum atomic E-state index is 12.5. The van der Waals surface area contributed by atoms with Gasteiger partial charge in [-0.05, 0) is 53.0 Å². The van der Waals surface area contributed by atoms with Crippen LogP contribution >= 0.6 is 0 Å². The second kappa shape index (κ2) is 4.16. The van der Waals surface area contributed by atoms with Crippen LogP contribution < -0.4 is 10.0 Å². The molecule has 5 nitrogen and oxygen atoms in total. The van der Waals surface area contributed by atoms with Crippen molar-refractivity contribution in [1.82, 2.24) is 14.3 Å². The molecule has 2 aliphatic rings. The molecule has 0 aromatic rings. The molecule has 2 aliphatic heterocycles. The summed E-state index contributed by atoms with van der Waals surface area (Å²) in [6.07, 6.45) is 0. The third-order valence-electron chi connectivity index (χ3n) is 4.02. The second-order valence-electron chi connectivity index (χ2n) is 7.07. The van der Waals surface area contributed by atoms with Crippen LogP contribution in [0.2, 0.25) is 0 Å². The van der Waals surface area contributed by atoms with E-state index in [1.54, 1.807) is 4.31 Å². The molecular weight excluding hydrogens is 250 g/mol. The van der Waals surface area contributed by atoms with Crippen molar-refractivity contribution in [3.63, 3.8) is 0 Å². The Balaban J connectivity index is 2.24. The summed E-state index contributed by atoms with van der Waals surface area (Å²) >= 11 is 0. The van der Waals surface area contributed by atoms with Crippen molar-refractivity contribution < 1.29 is 8.42 Å². The lowest BCUT2D eigenvalue weighted by Gasteiger charge is -2.36. The van der Waals surface area contributed by atoms with E-state index in [2.05, 4.69) is 10.0 Å². The third kappa shape index (κ3) is 2.43. The Labute approximate surface area is 110 Å². The minimum absolute atomic E-state index is 0.314. The highest BCUT2D eigenvalue weighted by Crippen LogP contribution is 2.41. The first-order chi connectivity index (χ1) is 8.04. The zero-order chi connectivity index (χ0) is 13.8. The van der Waals surface area contributed by atoms with E-state index < -0.39 is 15.7 Å². The van der Waals surface area contributed by atoms with Gasteiger partial charge in [0.05, 0.1) is 0 Å². The zero-order valence-corrected chi connectivity index (χ0v) is 12.8. The minimum atomic E-state index is -3.41. The molecule has 2 saturated heterocycles. The van der Waals surface area contributed by atoms with Crippen LogP contribution in [0, 0.1) is 11.8 Å². The highest BCUT2D eigenvalue weighted by atomic mass is 32.2. The Kier molecular flexibility index (Phi) is 3.29. The van der Waals surface area contributed by atoms with Gasteiger partial charge < -0.3 is 5.32 Å². The van der Waals surface area contributed by atoms with Crippen LogP contribution in [0.15, 0.2) is 0 Å². The van der Waals surface area contributed by atoms with E-state index in [1.165, 1.54) is 0 Å². The van der Waals surface area contributed by atoms with Crippen LogP contribution in [0.25, 0.3) is 0 Å². The zero-order valence-electron chi connectivity index (χ0n) is 11.9. The summed E-state index contributed by atoms with van der Waals surface area (Å²) in [5.41, 5.74) is -0.754. The average Bonchev–Trinajstić information content (AvgIpc) is 2.64. The standard InChI is InChI=1S/C12H25N3O2S/c1-11(2,3)14-18(16,17)15-8-9-6-13-7-10(9)12(15,4)5/h9-10,13-14H,6-8H2,1-5H3. The Hall–Kier alpha value is -0.170. The van der Waals surface area contributed by atoms with E-state index in [-0.39, 0.29) is 5.54 Å². The predicted molar refractivity (Wildman–Crippen MR) is 72.4 cm³/mol. The Bertz CT molecular complexity index is 425. The van der Waals surface area contributed by atoms with E-state index in [4.69, 9.17) is 0 Å². The first kappa shape index (κ1) is 14.2. The number of rotatable bonds is 2. The van der Waals surface area contributed by atoms with E-state index in [0.29, 0.717) is 18.4 Å². The van der Waals surface area contributed by atoms with Gasteiger partial charge in [-0.1, -0.05) is 0 Å². The van der Waals surface area contributed by atoms with Crippen LogP contribution in [0.1, 0.15) is 34.6 Å². The van der Waals surface area contributed by atoms with Gasteiger partial charge in [-0.15, -0.1) is 0 Å². The van der Waals surface area contributed by atoms with Gasteiger partial charge in [0.1, 0.15) is 0 Å². The van der Waals surface area contributed by atoms with Crippen molar-refractivity contribution in [2.24, 2.45) is 11.8 Å². The molecule has 0 aromatic carbocycles. The first-order valence-corrected chi connectivity index (χ1v) is 8.00. The minimum Gasteiger partial charge on any atom is -0.316 e. The van der Waals surface area contributed by atoms with Crippen molar-refractivity contribution in [2.75, 3.05) is 19.6 Å². The maximum absolute atomic E-state index is 12.5. The van der Waals surface area contributed by atoms with Gasteiger partial charge in [0, 0.05) is 24.2 Å². The number of nitrogens with one attached hydrogen (secondary N) is 2. The van der Waals surface area contributed by atoms with Gasteiger partial charge >= 0.3 is 0 Å². The Morgan fingerprint density at radius 2 is 1.89 bits per heavy atom. The molecule has 6 heteroatoms. The predicted octanol–water partition coefficient (Wildman–Crippen LogP) is 0.549. The number of hydrogen-bond acceptors (Lipinski definition) is 3. The molecule has 0 spiro atoms. The van der Waals surface area contributed by atoms with Gasteiger partial charge in [0.25, 0.3) is 10.2 Å². The molecule has 18 heavy (non-hydrogen) atoms. The maximum Gasteiger partial charge on any atom is 0.280 e. The fraction of sp³-hybridized carbons (Fsp3) is 1.00. The average molecular weight is 275 g/mol. The van der Waals surface area contributed by atoms with Crippen molar-refractivity contribution >= 4 is 10.2 Å². The Morgan fingerprint density at radius 3 is 2.39 bits per heavy atom. The van der Waals surface area contributed by atoms with Crippen LogP contribution in [0.5, 0.6) is 0 Å². The number of nitrogens with zero attached hydrogens (tertiary/aromatic N) is 1. The summed E-state index contributed by atoms with van der Waals surface area (Å²) in [4.78, 5) is 0. The van der Waals surface area contributed by atoms with E-state index in [9.17, 15) is 8.42 Å². The molecule has 0 radical (unpaired) electrons. The molecule has 0 bridgehead atoms. The van der Waals surface area contributed by atoms with Crippen LogP contribution in [0.4, 0.5) is 0 Å². The largest absolute Gasteiger partial charge is 0.316 e. The van der Waals surface area contributed by atoms with Gasteiger partial charge in [0.15, 0.2) is 0 Å². The third-order valence-corrected chi connectivity index (χ3v) is 6.09. The van der Waals surface area contributed by atoms with Crippen LogP contribution in [-0.2, 0) is 10.2 Å². The molecule has 2 heterocycles. The van der Waals surface area contributed by atoms with Crippen molar-refractivity contribution in [3.05, 3.63) is 0 Å². The van der Waals surface area contributed by atoms with Gasteiger partial charge in [-0.3, -0.25) is 0 Å². The lowest BCUT2D eigenvalue weighted by Crippen LogP contribution is -2.55. The lowest BCUT2D eigenvalue weighted by atomic mass is 9.85. The van der Waals surface area contributed by atoms with Gasteiger partial charge in [-0.2, -0.15) is 17.4 Å². The fourth-order valence-electron chi connectivity index (χ4n) is 3.23. The smallest absolute Gasteiger partial charge is 0.280 e. The Morgan fingerprint density at radius 1 is 1.28 bits per heavy atom. The van der Waals surface area contributed by atoms with E-state index in [1.807, 2.05) is 34.6 Å². The lowest BCUT2D eigenvalue weighted by molar-refractivity contribution is 0.228. The van der Waals surface area contributed by atoms with Crippen LogP contribution in [-0.4, -0.2) is 43.4 Å². The molecule has 0 amide bonds. The van der Waals surface area contributed by atoms with E-state index in [0.717, 1.165) is 13.1 Å². The highest BCUT2D eigenvalue weighted by molar-refractivity contribution is 7.87. The molecule has 2 atom stereocenters. The van der Waals surface area contributed by atoms with Crippen LogP contribution in [0.3, 0.4) is 0 Å². The van der Waals surface area contributed by atoms with Crippen molar-refractivity contribution in [3.8, 4) is 0 Å². The normalized spacial score (nSPS) is 32.7. The molecule has 0 aliphatic carbocycles. The fourth-order valence-corrected chi connectivity index (χ4v) is 5.26. The second-order valence-corrected chi connectivity index (χ2v) is 8.66. The van der Waals surface area contributed by atoms with Gasteiger partial charge in [0.2, 0.25) is 0 Å². The first-order valence-electron chi connectivity index (χ1n) is 6.56. The summed E-state index contributed by atoms with van der Waals surface area (Å²) in [7, 11) is -3.41. The summed E-state index contributed by atoms with van der Waals surface area (Å²) in [6.45, 7) is 12.1. The van der Waals surface area contributed by atoms with Crippen molar-refractivity contribution in [2.45, 2.75) is 45.7 Å². The highest BCUT2D eigenvalue weighted by Gasteiger charge is 2.54. The molecule has 106 valence electrons. The molecular formula is C12H25N3O2S.